The van der Waals surface area contributed by atoms with Crippen molar-refractivity contribution in [2.75, 3.05) is 37.9 Å². The van der Waals surface area contributed by atoms with Gasteiger partial charge in [0.25, 0.3) is 0 Å². The molecule has 0 saturated heterocycles. The van der Waals surface area contributed by atoms with Crippen molar-refractivity contribution in [1.29, 1.82) is 0 Å². The number of nitrogen functional groups attached to an aromatic ring is 1. The molecular weight excluding hydrogens is 244 g/mol. The maximum Gasteiger partial charge on any atom is 0.340 e. The van der Waals surface area contributed by atoms with Crippen LogP contribution in [0.2, 0.25) is 0 Å². The number of methoxy groups -OCH3 is 1. The van der Waals surface area contributed by atoms with Gasteiger partial charge in [-0.1, -0.05) is 6.07 Å². The minimum atomic E-state index is -0.395. The Balaban J connectivity index is 1.88. The number of carbonyl (C=O) groups is 1. The normalized spacial score (nSPS) is 14.2. The Labute approximate surface area is 113 Å². The van der Waals surface area contributed by atoms with Crippen LogP contribution in [0.4, 0.5) is 11.4 Å². The Hall–Kier alpha value is -1.75. The van der Waals surface area contributed by atoms with E-state index in [4.69, 9.17) is 15.2 Å². The summed E-state index contributed by atoms with van der Waals surface area (Å²) in [4.78, 5) is 11.6. The topological polar surface area (TPSA) is 73.6 Å². The predicted molar refractivity (Wildman–Crippen MR) is 74.2 cm³/mol. The molecule has 0 amide bonds. The highest BCUT2D eigenvalue weighted by Crippen LogP contribution is 2.28. The van der Waals surface area contributed by atoms with Gasteiger partial charge in [-0.15, -0.1) is 0 Å². The van der Waals surface area contributed by atoms with E-state index in [0.717, 1.165) is 12.5 Å². The van der Waals surface area contributed by atoms with E-state index in [2.05, 4.69) is 5.32 Å². The molecule has 0 spiro atoms. The van der Waals surface area contributed by atoms with Gasteiger partial charge in [0.15, 0.2) is 0 Å². The number of carbonyl (C=O) groups excluding carboxylic acids is 1. The third kappa shape index (κ3) is 3.86. The van der Waals surface area contributed by atoms with Crippen molar-refractivity contribution in [3.05, 3.63) is 23.8 Å². The van der Waals surface area contributed by atoms with Gasteiger partial charge in [0.2, 0.25) is 0 Å². The van der Waals surface area contributed by atoms with E-state index in [1.807, 2.05) is 0 Å². The summed E-state index contributed by atoms with van der Waals surface area (Å²) in [6, 6.07) is 5.17. The maximum atomic E-state index is 11.6. The Bertz CT molecular complexity index is 444. The quantitative estimate of drug-likeness (QED) is 0.447. The lowest BCUT2D eigenvalue weighted by molar-refractivity contribution is 0.0601. The molecule has 3 N–H and O–H groups in total. The molecule has 1 aromatic rings. The third-order valence-electron chi connectivity index (χ3n) is 3.10. The zero-order valence-corrected chi connectivity index (χ0v) is 11.1. The number of esters is 1. The standard InChI is InChI=1S/C14H20N2O3/c1-18-14(17)11-3-2-4-12(15)13(11)16-7-8-19-9-10-5-6-10/h2-4,10,16H,5-9,15H2,1H3. The Morgan fingerprint density at radius 2 is 2.26 bits per heavy atom. The minimum Gasteiger partial charge on any atom is -0.465 e. The van der Waals surface area contributed by atoms with Gasteiger partial charge in [0.1, 0.15) is 0 Å². The summed E-state index contributed by atoms with van der Waals surface area (Å²) in [5.74, 6) is 0.362. The van der Waals surface area contributed by atoms with Crippen molar-refractivity contribution in [2.45, 2.75) is 12.8 Å². The van der Waals surface area contributed by atoms with E-state index in [1.54, 1.807) is 18.2 Å². The molecule has 5 heteroatoms. The van der Waals surface area contributed by atoms with Gasteiger partial charge in [-0.05, 0) is 30.9 Å². The summed E-state index contributed by atoms with van der Waals surface area (Å²) in [7, 11) is 1.36. The average Bonchev–Trinajstić information content (AvgIpc) is 3.23. The molecule has 1 saturated carbocycles. The average molecular weight is 264 g/mol. The summed E-state index contributed by atoms with van der Waals surface area (Å²) in [6.07, 6.45) is 2.57. The second kappa shape index (κ2) is 6.43. The Morgan fingerprint density at radius 1 is 1.47 bits per heavy atom. The number of rotatable bonds is 7. The van der Waals surface area contributed by atoms with Crippen LogP contribution < -0.4 is 11.1 Å². The van der Waals surface area contributed by atoms with Crippen molar-refractivity contribution >= 4 is 17.3 Å². The zero-order valence-electron chi connectivity index (χ0n) is 11.1. The highest BCUT2D eigenvalue weighted by Gasteiger charge is 2.21. The SMILES string of the molecule is COC(=O)c1cccc(N)c1NCCOCC1CC1. The van der Waals surface area contributed by atoms with Gasteiger partial charge in [-0.25, -0.2) is 4.79 Å². The highest BCUT2D eigenvalue weighted by molar-refractivity contribution is 5.98. The van der Waals surface area contributed by atoms with Crippen LogP contribution in [0, 0.1) is 5.92 Å². The number of nitrogens with two attached hydrogens (primary N) is 1. The summed E-state index contributed by atoms with van der Waals surface area (Å²) >= 11 is 0. The number of benzene rings is 1. The van der Waals surface area contributed by atoms with Crippen LogP contribution in [0.15, 0.2) is 18.2 Å². The summed E-state index contributed by atoms with van der Waals surface area (Å²) in [6.45, 7) is 2.05. The van der Waals surface area contributed by atoms with E-state index in [-0.39, 0.29) is 0 Å². The van der Waals surface area contributed by atoms with Gasteiger partial charge in [-0.2, -0.15) is 0 Å². The van der Waals surface area contributed by atoms with Crippen LogP contribution in [0.5, 0.6) is 0 Å². The van der Waals surface area contributed by atoms with E-state index in [1.165, 1.54) is 20.0 Å². The predicted octanol–water partition coefficient (Wildman–Crippen LogP) is 1.89. The van der Waals surface area contributed by atoms with Crippen LogP contribution >= 0.6 is 0 Å². The van der Waals surface area contributed by atoms with Crippen molar-refractivity contribution in [3.63, 3.8) is 0 Å². The number of hydrogen-bond acceptors (Lipinski definition) is 5. The van der Waals surface area contributed by atoms with Gasteiger partial charge in [-0.3, -0.25) is 0 Å². The maximum absolute atomic E-state index is 11.6. The number of anilines is 2. The first-order valence-electron chi connectivity index (χ1n) is 6.50. The molecule has 0 aliphatic heterocycles. The van der Waals surface area contributed by atoms with Crippen LogP contribution in [-0.4, -0.2) is 32.8 Å². The smallest absolute Gasteiger partial charge is 0.340 e. The van der Waals surface area contributed by atoms with Crippen molar-refractivity contribution < 1.29 is 14.3 Å². The fourth-order valence-electron chi connectivity index (χ4n) is 1.83. The number of nitrogens with one attached hydrogen (secondary N) is 1. The van der Waals surface area contributed by atoms with Crippen LogP contribution in [0.25, 0.3) is 0 Å². The van der Waals surface area contributed by atoms with Gasteiger partial charge < -0.3 is 20.5 Å². The van der Waals surface area contributed by atoms with E-state index >= 15 is 0 Å². The van der Waals surface area contributed by atoms with Gasteiger partial charge in [0, 0.05) is 13.2 Å². The van der Waals surface area contributed by atoms with Crippen LogP contribution in [0.1, 0.15) is 23.2 Å². The van der Waals surface area contributed by atoms with Crippen molar-refractivity contribution in [2.24, 2.45) is 5.92 Å². The summed E-state index contributed by atoms with van der Waals surface area (Å²) in [5.41, 5.74) is 7.47. The molecule has 2 rings (SSSR count). The largest absolute Gasteiger partial charge is 0.465 e. The first-order valence-corrected chi connectivity index (χ1v) is 6.50. The molecule has 0 heterocycles. The fourth-order valence-corrected chi connectivity index (χ4v) is 1.83. The monoisotopic (exact) mass is 264 g/mol. The first kappa shape index (κ1) is 13.7. The molecule has 1 fully saturated rings. The zero-order chi connectivity index (χ0) is 13.7. The number of para-hydroxylation sites is 1. The van der Waals surface area contributed by atoms with Crippen LogP contribution in [0.3, 0.4) is 0 Å². The Kier molecular flexibility index (Phi) is 4.63. The highest BCUT2D eigenvalue weighted by atomic mass is 16.5. The van der Waals surface area contributed by atoms with E-state index in [0.29, 0.717) is 30.1 Å². The third-order valence-corrected chi connectivity index (χ3v) is 3.10. The minimum absolute atomic E-state index is 0.395. The molecule has 0 radical (unpaired) electrons. The van der Waals surface area contributed by atoms with Crippen molar-refractivity contribution in [3.8, 4) is 0 Å². The lowest BCUT2D eigenvalue weighted by atomic mass is 10.1. The second-order valence-corrected chi connectivity index (χ2v) is 4.71. The van der Waals surface area contributed by atoms with E-state index in [9.17, 15) is 4.79 Å². The molecule has 0 atom stereocenters. The fraction of sp³-hybridized carbons (Fsp3) is 0.500. The second-order valence-electron chi connectivity index (χ2n) is 4.71. The Morgan fingerprint density at radius 3 is 2.95 bits per heavy atom. The van der Waals surface area contributed by atoms with Gasteiger partial charge >= 0.3 is 5.97 Å². The molecule has 1 aromatic carbocycles. The lowest BCUT2D eigenvalue weighted by Crippen LogP contribution is -2.15. The molecule has 19 heavy (non-hydrogen) atoms. The number of ether oxygens (including phenoxy) is 2. The molecule has 1 aliphatic carbocycles. The molecule has 0 aromatic heterocycles. The molecular formula is C14H20N2O3. The molecule has 0 unspecified atom stereocenters. The van der Waals surface area contributed by atoms with Crippen LogP contribution in [-0.2, 0) is 9.47 Å². The number of hydrogen-bond donors (Lipinski definition) is 2. The summed E-state index contributed by atoms with van der Waals surface area (Å²) < 4.78 is 10.3. The van der Waals surface area contributed by atoms with Crippen molar-refractivity contribution in [1.82, 2.24) is 0 Å². The first-order chi connectivity index (χ1) is 9.22. The summed E-state index contributed by atoms with van der Waals surface area (Å²) in [5, 5.41) is 3.14. The molecule has 104 valence electrons. The molecule has 5 nitrogen and oxygen atoms in total. The molecule has 1 aliphatic rings. The lowest BCUT2D eigenvalue weighted by Gasteiger charge is -2.13. The molecule has 0 bridgehead atoms. The van der Waals surface area contributed by atoms with Gasteiger partial charge in [0.05, 0.1) is 30.7 Å². The van der Waals surface area contributed by atoms with E-state index < -0.39 is 5.97 Å².